The predicted octanol–water partition coefficient (Wildman–Crippen LogP) is 2.02. The summed E-state index contributed by atoms with van der Waals surface area (Å²) in [4.78, 5) is 24.7. The highest BCUT2D eigenvalue weighted by Crippen LogP contribution is 2.22. The van der Waals surface area contributed by atoms with Gasteiger partial charge in [-0.3, -0.25) is 10.1 Å². The van der Waals surface area contributed by atoms with Crippen LogP contribution in [0.5, 0.6) is 0 Å². The van der Waals surface area contributed by atoms with Gasteiger partial charge in [0.2, 0.25) is 5.82 Å². The summed E-state index contributed by atoms with van der Waals surface area (Å²) in [5.41, 5.74) is -0.467. The number of pyridine rings is 1. The van der Waals surface area contributed by atoms with Crippen LogP contribution in [0.4, 0.5) is 11.5 Å². The van der Waals surface area contributed by atoms with Crippen LogP contribution in [-0.4, -0.2) is 39.0 Å². The van der Waals surface area contributed by atoms with E-state index >= 15 is 0 Å². The molecular weight excluding hydrogens is 270 g/mol. The van der Waals surface area contributed by atoms with E-state index in [-0.39, 0.29) is 17.2 Å². The zero-order chi connectivity index (χ0) is 14.3. The van der Waals surface area contributed by atoms with E-state index in [2.05, 4.69) is 16.9 Å². The minimum absolute atomic E-state index is 0.0240. The molecule has 0 radical (unpaired) electrons. The fourth-order valence-corrected chi connectivity index (χ4v) is 1.84. The van der Waals surface area contributed by atoms with Crippen molar-refractivity contribution in [3.05, 3.63) is 40.6 Å². The molecule has 0 aliphatic carbocycles. The van der Waals surface area contributed by atoms with Crippen molar-refractivity contribution in [2.24, 2.45) is 0 Å². The molecule has 0 unspecified atom stereocenters. The van der Waals surface area contributed by atoms with Crippen molar-refractivity contribution in [1.82, 2.24) is 4.98 Å². The number of aromatic carboxylic acids is 1. The van der Waals surface area contributed by atoms with Crippen LogP contribution < -0.4 is 5.32 Å². The average molecular weight is 283 g/mol. The molecule has 0 aliphatic rings. The molecule has 0 aromatic carbocycles. The van der Waals surface area contributed by atoms with Crippen LogP contribution >= 0.6 is 11.8 Å². The van der Waals surface area contributed by atoms with Gasteiger partial charge in [0.25, 0.3) is 0 Å². The zero-order valence-corrected chi connectivity index (χ0v) is 10.9. The van der Waals surface area contributed by atoms with E-state index in [0.29, 0.717) is 12.3 Å². The molecule has 7 nitrogen and oxygen atoms in total. The Kier molecular flexibility index (Phi) is 5.80. The summed E-state index contributed by atoms with van der Waals surface area (Å²) in [6.07, 6.45) is 1.76. The third kappa shape index (κ3) is 4.59. The van der Waals surface area contributed by atoms with Gasteiger partial charge in [-0.05, 0) is 6.07 Å². The van der Waals surface area contributed by atoms with Crippen LogP contribution in [-0.2, 0) is 0 Å². The first kappa shape index (κ1) is 15.0. The van der Waals surface area contributed by atoms with Crippen molar-refractivity contribution in [2.45, 2.75) is 0 Å². The monoisotopic (exact) mass is 283 g/mol. The third-order valence-corrected chi connectivity index (χ3v) is 3.03. The van der Waals surface area contributed by atoms with Crippen molar-refractivity contribution in [3.8, 4) is 0 Å². The number of nitrogens with zero attached hydrogens (tertiary/aromatic N) is 2. The summed E-state index contributed by atoms with van der Waals surface area (Å²) in [6, 6.07) is 2.24. The highest BCUT2D eigenvalue weighted by Gasteiger charge is 2.17. The van der Waals surface area contributed by atoms with Gasteiger partial charge in [0.05, 0.1) is 4.92 Å². The molecule has 0 saturated heterocycles. The molecule has 8 heteroatoms. The quantitative estimate of drug-likeness (QED) is 0.325. The Morgan fingerprint density at radius 1 is 1.63 bits per heavy atom. The van der Waals surface area contributed by atoms with Crippen LogP contribution in [0.1, 0.15) is 10.5 Å². The van der Waals surface area contributed by atoms with Gasteiger partial charge in [-0.25, -0.2) is 9.78 Å². The van der Waals surface area contributed by atoms with Crippen molar-refractivity contribution in [3.63, 3.8) is 0 Å². The Morgan fingerprint density at radius 3 is 2.95 bits per heavy atom. The standard InChI is InChI=1S/C11H13N3O4S/c1-2-6-19-7-5-12-10-9(14(17)18)4-3-8(13-10)11(15)16/h2-4H,1,5-7H2,(H,12,13)(H,15,16). The third-order valence-electron chi connectivity index (χ3n) is 2.06. The molecule has 1 aromatic heterocycles. The number of thioether (sulfide) groups is 1. The Hall–Kier alpha value is -2.09. The maximum atomic E-state index is 10.8. The molecule has 0 aliphatic heterocycles. The van der Waals surface area contributed by atoms with Crippen LogP contribution in [0.2, 0.25) is 0 Å². The molecule has 0 bridgehead atoms. The molecule has 102 valence electrons. The molecule has 1 heterocycles. The maximum Gasteiger partial charge on any atom is 0.354 e. The average Bonchev–Trinajstić information content (AvgIpc) is 2.38. The molecule has 0 saturated carbocycles. The number of hydrogen-bond acceptors (Lipinski definition) is 6. The number of hydrogen-bond donors (Lipinski definition) is 2. The second-order valence-electron chi connectivity index (χ2n) is 3.42. The number of carboxylic acids is 1. The van der Waals surface area contributed by atoms with Gasteiger partial charge in [-0.15, -0.1) is 6.58 Å². The minimum Gasteiger partial charge on any atom is -0.477 e. The lowest BCUT2D eigenvalue weighted by molar-refractivity contribution is -0.384. The van der Waals surface area contributed by atoms with Gasteiger partial charge < -0.3 is 10.4 Å². The second kappa shape index (κ2) is 7.37. The molecular formula is C11H13N3O4S. The van der Waals surface area contributed by atoms with Crippen molar-refractivity contribution >= 4 is 29.2 Å². The SMILES string of the molecule is C=CCSCCNc1nc(C(=O)O)ccc1[N+](=O)[O-]. The number of anilines is 1. The first-order chi connectivity index (χ1) is 9.06. The van der Waals surface area contributed by atoms with Crippen LogP contribution in [0.3, 0.4) is 0 Å². The summed E-state index contributed by atoms with van der Waals surface area (Å²) in [7, 11) is 0. The lowest BCUT2D eigenvalue weighted by Crippen LogP contribution is -2.11. The number of carbonyl (C=O) groups is 1. The van der Waals surface area contributed by atoms with Gasteiger partial charge in [-0.2, -0.15) is 11.8 Å². The summed E-state index contributed by atoms with van der Waals surface area (Å²) >= 11 is 1.60. The van der Waals surface area contributed by atoms with Crippen molar-refractivity contribution in [1.29, 1.82) is 0 Å². The normalized spacial score (nSPS) is 9.89. The minimum atomic E-state index is -1.22. The molecule has 0 spiro atoms. The van der Waals surface area contributed by atoms with Crippen LogP contribution in [0.25, 0.3) is 0 Å². The first-order valence-electron chi connectivity index (χ1n) is 5.37. The highest BCUT2D eigenvalue weighted by atomic mass is 32.2. The Bertz CT molecular complexity index is 493. The van der Waals surface area contributed by atoms with E-state index in [1.54, 1.807) is 17.8 Å². The fourth-order valence-electron chi connectivity index (χ4n) is 1.26. The number of nitrogens with one attached hydrogen (secondary N) is 1. The molecule has 2 N–H and O–H groups in total. The zero-order valence-electron chi connectivity index (χ0n) is 10.0. The molecule has 0 fully saturated rings. The molecule has 0 atom stereocenters. The lowest BCUT2D eigenvalue weighted by atomic mass is 10.3. The van der Waals surface area contributed by atoms with E-state index in [0.717, 1.165) is 17.9 Å². The maximum absolute atomic E-state index is 10.8. The Labute approximate surface area is 113 Å². The Morgan fingerprint density at radius 2 is 2.37 bits per heavy atom. The van der Waals surface area contributed by atoms with E-state index < -0.39 is 10.9 Å². The van der Waals surface area contributed by atoms with Crippen LogP contribution in [0.15, 0.2) is 24.8 Å². The summed E-state index contributed by atoms with van der Waals surface area (Å²) in [5, 5.41) is 22.4. The fraction of sp³-hybridized carbons (Fsp3) is 0.273. The number of aromatic nitrogens is 1. The van der Waals surface area contributed by atoms with Gasteiger partial charge in [0, 0.05) is 24.1 Å². The summed E-state index contributed by atoms with van der Waals surface area (Å²) in [6.45, 7) is 4.03. The molecule has 1 rings (SSSR count). The highest BCUT2D eigenvalue weighted by molar-refractivity contribution is 7.99. The van der Waals surface area contributed by atoms with Crippen molar-refractivity contribution < 1.29 is 14.8 Å². The molecule has 19 heavy (non-hydrogen) atoms. The summed E-state index contributed by atoms with van der Waals surface area (Å²) in [5.74, 6) is 0.247. The topological polar surface area (TPSA) is 105 Å². The van der Waals surface area contributed by atoms with E-state index in [4.69, 9.17) is 5.11 Å². The van der Waals surface area contributed by atoms with Gasteiger partial charge >= 0.3 is 11.7 Å². The smallest absolute Gasteiger partial charge is 0.354 e. The van der Waals surface area contributed by atoms with E-state index in [9.17, 15) is 14.9 Å². The second-order valence-corrected chi connectivity index (χ2v) is 4.57. The van der Waals surface area contributed by atoms with Gasteiger partial charge in [0.15, 0.2) is 5.69 Å². The number of nitro groups is 1. The largest absolute Gasteiger partial charge is 0.477 e. The Balaban J connectivity index is 2.77. The predicted molar refractivity (Wildman–Crippen MR) is 73.9 cm³/mol. The lowest BCUT2D eigenvalue weighted by Gasteiger charge is -2.06. The van der Waals surface area contributed by atoms with Crippen LogP contribution in [0, 0.1) is 10.1 Å². The van der Waals surface area contributed by atoms with E-state index in [1.165, 1.54) is 0 Å². The van der Waals surface area contributed by atoms with Gasteiger partial charge in [0.1, 0.15) is 0 Å². The van der Waals surface area contributed by atoms with E-state index in [1.807, 2.05) is 0 Å². The van der Waals surface area contributed by atoms with Gasteiger partial charge in [-0.1, -0.05) is 6.08 Å². The van der Waals surface area contributed by atoms with Crippen molar-refractivity contribution in [2.75, 3.05) is 23.4 Å². The summed E-state index contributed by atoms with van der Waals surface area (Å²) < 4.78 is 0. The first-order valence-corrected chi connectivity index (χ1v) is 6.53. The number of carboxylic acid groups (broad SMARTS) is 1. The number of rotatable bonds is 8. The molecule has 0 amide bonds. The molecule has 1 aromatic rings.